The molecule has 0 saturated carbocycles. The van der Waals surface area contributed by atoms with Crippen molar-refractivity contribution in [1.82, 2.24) is 25.3 Å². The number of benzene rings is 2. The maximum atomic E-state index is 14.0. The summed E-state index contributed by atoms with van der Waals surface area (Å²) in [5.41, 5.74) is 4.95. The highest BCUT2D eigenvalue weighted by Crippen LogP contribution is 2.39. The zero-order chi connectivity index (χ0) is 29.8. The number of piperazine rings is 1. The number of nitrogens with zero attached hydrogens (tertiary/aromatic N) is 5. The summed E-state index contributed by atoms with van der Waals surface area (Å²) in [4.78, 5) is 32.8. The summed E-state index contributed by atoms with van der Waals surface area (Å²) < 4.78 is 13.6. The molecule has 42 heavy (non-hydrogen) atoms. The maximum Gasteiger partial charge on any atom is 0.254 e. The van der Waals surface area contributed by atoms with Crippen molar-refractivity contribution in [2.75, 3.05) is 37.6 Å². The summed E-state index contributed by atoms with van der Waals surface area (Å²) in [6, 6.07) is 11.9. The Kier molecular flexibility index (Phi) is 7.22. The first-order chi connectivity index (χ1) is 20.0. The number of phenolic OH excluding ortho intramolecular Hbond substituents is 1. The summed E-state index contributed by atoms with van der Waals surface area (Å²) >= 11 is 0. The number of phenols is 1. The smallest absolute Gasteiger partial charge is 0.254 e. The van der Waals surface area contributed by atoms with Crippen LogP contribution in [0.2, 0.25) is 0 Å². The molecule has 2 aromatic carbocycles. The van der Waals surface area contributed by atoms with E-state index in [-0.39, 0.29) is 47.4 Å². The minimum atomic E-state index is -0.353. The number of aromatic nitrogens is 2. The van der Waals surface area contributed by atoms with Crippen molar-refractivity contribution < 1.29 is 19.1 Å². The largest absolute Gasteiger partial charge is 0.508 e. The fourth-order valence-corrected chi connectivity index (χ4v) is 6.47. The lowest BCUT2D eigenvalue weighted by atomic mass is 9.91. The molecule has 0 bridgehead atoms. The highest BCUT2D eigenvalue weighted by Gasteiger charge is 2.42. The van der Waals surface area contributed by atoms with Crippen LogP contribution in [-0.2, 0) is 23.2 Å². The second kappa shape index (κ2) is 10.7. The molecular weight excluding hydrogens is 535 g/mol. The van der Waals surface area contributed by atoms with Crippen LogP contribution in [0.3, 0.4) is 0 Å². The summed E-state index contributed by atoms with van der Waals surface area (Å²) in [5, 5.41) is 22.8. The molecule has 2 amide bonds. The maximum absolute atomic E-state index is 14.0. The van der Waals surface area contributed by atoms with E-state index in [0.717, 1.165) is 28.2 Å². The molecule has 3 aliphatic rings. The molecule has 4 heterocycles. The highest BCUT2D eigenvalue weighted by molar-refractivity contribution is 5.99. The van der Waals surface area contributed by atoms with E-state index >= 15 is 0 Å². The Labute approximate surface area is 245 Å². The molecule has 0 aliphatic carbocycles. The van der Waals surface area contributed by atoms with E-state index in [1.165, 1.54) is 12.1 Å². The Morgan fingerprint density at radius 3 is 2.76 bits per heavy atom. The average Bonchev–Trinajstić information content (AvgIpc) is 3.40. The van der Waals surface area contributed by atoms with Gasteiger partial charge in [0.05, 0.1) is 30.2 Å². The minimum Gasteiger partial charge on any atom is -0.508 e. The second-order valence-corrected chi connectivity index (χ2v) is 12.6. The number of carbonyl (C=O) groups excluding carboxylic acids is 2. The summed E-state index contributed by atoms with van der Waals surface area (Å²) in [5.74, 6) is -0.250. The van der Waals surface area contributed by atoms with E-state index in [1.54, 1.807) is 29.2 Å². The molecule has 9 nitrogen and oxygen atoms in total. The number of rotatable bonds is 6. The summed E-state index contributed by atoms with van der Waals surface area (Å²) in [6.45, 7) is 10.9. The van der Waals surface area contributed by atoms with Crippen LogP contribution < -0.4 is 10.2 Å². The molecule has 2 atom stereocenters. The first-order valence-corrected chi connectivity index (χ1v) is 14.5. The number of aromatic hydroxyl groups is 1. The van der Waals surface area contributed by atoms with Crippen molar-refractivity contribution in [2.24, 2.45) is 0 Å². The van der Waals surface area contributed by atoms with Crippen LogP contribution in [0.5, 0.6) is 5.75 Å². The van der Waals surface area contributed by atoms with Gasteiger partial charge in [-0.1, -0.05) is 26.0 Å². The van der Waals surface area contributed by atoms with Gasteiger partial charge in [-0.15, -0.1) is 0 Å². The monoisotopic (exact) mass is 572 g/mol. The molecule has 3 aromatic rings. The fourth-order valence-electron chi connectivity index (χ4n) is 6.47. The lowest BCUT2D eigenvalue weighted by molar-refractivity contribution is -0.120. The topological polar surface area (TPSA) is 102 Å². The van der Waals surface area contributed by atoms with Gasteiger partial charge < -0.3 is 20.2 Å². The minimum absolute atomic E-state index is 0.0217. The van der Waals surface area contributed by atoms with Crippen LogP contribution in [-0.4, -0.2) is 81.7 Å². The first-order valence-electron chi connectivity index (χ1n) is 14.5. The number of fused-ring (bicyclic) bond motifs is 2. The van der Waals surface area contributed by atoms with Crippen molar-refractivity contribution >= 4 is 17.5 Å². The number of anilines is 1. The van der Waals surface area contributed by atoms with Crippen LogP contribution in [0.1, 0.15) is 59.2 Å². The molecule has 10 heteroatoms. The Balaban J connectivity index is 1.20. The normalized spacial score (nSPS) is 21.5. The van der Waals surface area contributed by atoms with Crippen molar-refractivity contribution in [3.05, 3.63) is 81.9 Å². The third kappa shape index (κ3) is 5.25. The Hall–Kier alpha value is -3.89. The zero-order valence-electron chi connectivity index (χ0n) is 24.5. The molecule has 6 rings (SSSR count). The number of hydrogen-bond donors (Lipinski definition) is 2. The molecule has 0 spiro atoms. The zero-order valence-corrected chi connectivity index (χ0v) is 24.5. The van der Waals surface area contributed by atoms with E-state index in [2.05, 4.69) is 41.2 Å². The molecule has 1 aromatic heterocycles. The molecule has 3 aliphatic heterocycles. The third-order valence-corrected chi connectivity index (χ3v) is 8.80. The average molecular weight is 573 g/mol. The molecule has 1 fully saturated rings. The van der Waals surface area contributed by atoms with E-state index in [0.29, 0.717) is 50.3 Å². The van der Waals surface area contributed by atoms with Crippen molar-refractivity contribution in [3.63, 3.8) is 0 Å². The van der Waals surface area contributed by atoms with Gasteiger partial charge in [-0.25, -0.2) is 4.39 Å². The Bertz CT molecular complexity index is 1560. The number of aryl methyl sites for hydroxylation is 1. The third-order valence-electron chi connectivity index (χ3n) is 8.80. The van der Waals surface area contributed by atoms with Gasteiger partial charge in [0, 0.05) is 61.2 Å². The first kappa shape index (κ1) is 28.2. The molecular formula is C32H37FN6O3. The molecule has 1 saturated heterocycles. The van der Waals surface area contributed by atoms with Gasteiger partial charge in [-0.2, -0.15) is 10.2 Å². The van der Waals surface area contributed by atoms with Crippen LogP contribution in [0, 0.1) is 12.7 Å². The van der Waals surface area contributed by atoms with Gasteiger partial charge in [-0.05, 0) is 55.3 Å². The fraction of sp³-hybridized carbons (Fsp3) is 0.438. The van der Waals surface area contributed by atoms with E-state index in [1.807, 2.05) is 17.9 Å². The van der Waals surface area contributed by atoms with Crippen LogP contribution in [0.15, 0.2) is 42.5 Å². The van der Waals surface area contributed by atoms with Gasteiger partial charge in [0.25, 0.3) is 5.91 Å². The van der Waals surface area contributed by atoms with Gasteiger partial charge in [0.1, 0.15) is 11.6 Å². The lowest BCUT2D eigenvalue weighted by Gasteiger charge is -2.41. The summed E-state index contributed by atoms with van der Waals surface area (Å²) in [6.07, 6.45) is 0.494. The van der Waals surface area contributed by atoms with Crippen LogP contribution in [0.25, 0.3) is 0 Å². The highest BCUT2D eigenvalue weighted by atomic mass is 19.1. The summed E-state index contributed by atoms with van der Waals surface area (Å²) in [7, 11) is 0. The van der Waals surface area contributed by atoms with E-state index in [4.69, 9.17) is 0 Å². The molecule has 2 N–H and O–H groups in total. The number of amides is 2. The van der Waals surface area contributed by atoms with Crippen LogP contribution in [0.4, 0.5) is 10.1 Å². The van der Waals surface area contributed by atoms with Gasteiger partial charge in [0.15, 0.2) is 0 Å². The number of carbonyl (C=O) groups is 2. The van der Waals surface area contributed by atoms with Gasteiger partial charge >= 0.3 is 0 Å². The standard InChI is InChI=1S/C32H37FN6O3/c1-19-10-22(33)9-8-21(19)11-23-12-27-30(36-35-23)32(3,4)18-39(27)29(41)17-37-14-20(2)34-13-24(37)15-38-16-26-25(31(38)42)6-5-7-28(26)40/h5-10,12,20,24,34,40H,11,13-18H2,1-4H3/t20-,24-/m1/s1. The molecule has 220 valence electrons. The number of halogens is 1. The predicted molar refractivity (Wildman–Crippen MR) is 157 cm³/mol. The Morgan fingerprint density at radius 2 is 2.00 bits per heavy atom. The second-order valence-electron chi connectivity index (χ2n) is 12.6. The van der Waals surface area contributed by atoms with Gasteiger partial charge in [-0.3, -0.25) is 14.5 Å². The van der Waals surface area contributed by atoms with Crippen molar-refractivity contribution in [2.45, 2.75) is 58.2 Å². The number of hydrogen-bond acceptors (Lipinski definition) is 7. The van der Waals surface area contributed by atoms with E-state index < -0.39 is 0 Å². The van der Waals surface area contributed by atoms with Gasteiger partial charge in [0.2, 0.25) is 5.91 Å². The molecule has 0 unspecified atom stereocenters. The lowest BCUT2D eigenvalue weighted by Crippen LogP contribution is -2.60. The molecule has 0 radical (unpaired) electrons. The number of nitrogens with one attached hydrogen (secondary N) is 1. The van der Waals surface area contributed by atoms with Crippen molar-refractivity contribution in [3.8, 4) is 5.75 Å². The predicted octanol–water partition coefficient (Wildman–Crippen LogP) is 3.16. The van der Waals surface area contributed by atoms with E-state index in [9.17, 15) is 19.1 Å². The van der Waals surface area contributed by atoms with Crippen LogP contribution >= 0.6 is 0 Å². The quantitative estimate of drug-likeness (QED) is 0.468. The van der Waals surface area contributed by atoms with Crippen molar-refractivity contribution in [1.29, 1.82) is 0 Å². The SMILES string of the molecule is Cc1cc(F)ccc1Cc1cc2c(nn1)C(C)(C)CN2C(=O)CN1C[C@@H](C)NC[C@@H]1CN1Cc2c(O)cccc2C1=O. The Morgan fingerprint density at radius 1 is 1.19 bits per heavy atom.